The molecule has 0 aromatic heterocycles. The topological polar surface area (TPSA) is 32.3 Å². The van der Waals surface area contributed by atoms with Crippen LogP contribution in [0.2, 0.25) is 0 Å². The van der Waals surface area contributed by atoms with Gasteiger partial charge in [0.15, 0.2) is 0 Å². The predicted octanol–water partition coefficient (Wildman–Crippen LogP) is 2.81. The van der Waals surface area contributed by atoms with Gasteiger partial charge in [-0.15, -0.1) is 0 Å². The first kappa shape index (κ1) is 14.0. The highest BCUT2D eigenvalue weighted by Gasteiger charge is 2.31. The first-order chi connectivity index (χ1) is 7.29. The third kappa shape index (κ3) is 4.42. The highest BCUT2D eigenvalue weighted by molar-refractivity contribution is 4.86. The first-order valence-electron chi connectivity index (χ1n) is 6.75. The average Bonchev–Trinajstić information content (AvgIpc) is 2.13. The molecular formula is C14H29NO. The number of hydrogen-bond donors (Lipinski definition) is 2. The Kier molecular flexibility index (Phi) is 4.81. The highest BCUT2D eigenvalue weighted by Crippen LogP contribution is 2.33. The van der Waals surface area contributed by atoms with Gasteiger partial charge < -0.3 is 10.4 Å². The molecule has 0 heterocycles. The van der Waals surface area contributed by atoms with Gasteiger partial charge in [-0.05, 0) is 44.4 Å². The van der Waals surface area contributed by atoms with Crippen LogP contribution in [0.5, 0.6) is 0 Å². The Bertz CT molecular complexity index is 207. The van der Waals surface area contributed by atoms with E-state index in [0.717, 1.165) is 17.8 Å². The maximum atomic E-state index is 9.78. The van der Waals surface area contributed by atoms with Gasteiger partial charge in [0.25, 0.3) is 0 Å². The molecule has 0 amide bonds. The van der Waals surface area contributed by atoms with Crippen molar-refractivity contribution in [3.8, 4) is 0 Å². The Morgan fingerprint density at radius 1 is 1.31 bits per heavy atom. The van der Waals surface area contributed by atoms with Crippen LogP contribution in [-0.2, 0) is 0 Å². The number of rotatable bonds is 4. The van der Waals surface area contributed by atoms with E-state index in [1.54, 1.807) is 0 Å². The second kappa shape index (κ2) is 5.50. The van der Waals surface area contributed by atoms with Crippen LogP contribution >= 0.6 is 0 Å². The van der Waals surface area contributed by atoms with Gasteiger partial charge in [0, 0.05) is 12.6 Å². The van der Waals surface area contributed by atoms with Gasteiger partial charge in [-0.3, -0.25) is 0 Å². The molecule has 3 unspecified atom stereocenters. The van der Waals surface area contributed by atoms with E-state index in [1.165, 1.54) is 19.3 Å². The van der Waals surface area contributed by atoms with Crippen LogP contribution in [0.15, 0.2) is 0 Å². The zero-order valence-corrected chi connectivity index (χ0v) is 11.6. The van der Waals surface area contributed by atoms with Crippen LogP contribution in [0.3, 0.4) is 0 Å². The summed E-state index contributed by atoms with van der Waals surface area (Å²) in [6.45, 7) is 11.4. The third-order valence-electron chi connectivity index (χ3n) is 3.82. The van der Waals surface area contributed by atoms with Gasteiger partial charge in [0.2, 0.25) is 0 Å². The van der Waals surface area contributed by atoms with E-state index in [2.05, 4.69) is 26.1 Å². The quantitative estimate of drug-likeness (QED) is 0.774. The van der Waals surface area contributed by atoms with E-state index in [1.807, 2.05) is 13.8 Å². The van der Waals surface area contributed by atoms with Gasteiger partial charge in [-0.1, -0.05) is 27.2 Å². The second-order valence-corrected chi connectivity index (χ2v) is 6.63. The van der Waals surface area contributed by atoms with E-state index < -0.39 is 5.60 Å². The van der Waals surface area contributed by atoms with E-state index in [9.17, 15) is 5.11 Å². The molecule has 1 aliphatic rings. The van der Waals surface area contributed by atoms with Crippen molar-refractivity contribution in [3.63, 3.8) is 0 Å². The van der Waals surface area contributed by atoms with Crippen molar-refractivity contribution in [3.05, 3.63) is 0 Å². The fourth-order valence-corrected chi connectivity index (χ4v) is 2.82. The molecule has 0 saturated heterocycles. The van der Waals surface area contributed by atoms with E-state index >= 15 is 0 Å². The van der Waals surface area contributed by atoms with Crippen molar-refractivity contribution in [1.82, 2.24) is 5.32 Å². The molecule has 1 saturated carbocycles. The lowest BCUT2D eigenvalue weighted by Crippen LogP contribution is -2.47. The number of hydrogen-bond acceptors (Lipinski definition) is 2. The van der Waals surface area contributed by atoms with Crippen molar-refractivity contribution in [1.29, 1.82) is 0 Å². The summed E-state index contributed by atoms with van der Waals surface area (Å²) in [5.41, 5.74) is -0.595. The summed E-state index contributed by atoms with van der Waals surface area (Å²) in [6, 6.07) is 0.593. The van der Waals surface area contributed by atoms with E-state index in [4.69, 9.17) is 0 Å². The molecule has 2 nitrogen and oxygen atoms in total. The fourth-order valence-electron chi connectivity index (χ4n) is 2.82. The molecule has 0 aromatic carbocycles. The Morgan fingerprint density at radius 3 is 2.44 bits per heavy atom. The zero-order chi connectivity index (χ0) is 12.3. The lowest BCUT2D eigenvalue weighted by molar-refractivity contribution is 0.0641. The van der Waals surface area contributed by atoms with Crippen molar-refractivity contribution in [2.45, 2.75) is 65.5 Å². The fraction of sp³-hybridized carbons (Fsp3) is 1.00. The lowest BCUT2D eigenvalue weighted by Gasteiger charge is -2.39. The first-order valence-corrected chi connectivity index (χ1v) is 6.75. The third-order valence-corrected chi connectivity index (χ3v) is 3.82. The SMILES string of the molecule is CC1CCC(C(C)C)C(NCC(C)(C)O)C1. The van der Waals surface area contributed by atoms with Crippen molar-refractivity contribution < 1.29 is 5.11 Å². The summed E-state index contributed by atoms with van der Waals surface area (Å²) in [6.07, 6.45) is 3.96. The van der Waals surface area contributed by atoms with Crippen molar-refractivity contribution in [2.24, 2.45) is 17.8 Å². The van der Waals surface area contributed by atoms with Crippen LogP contribution in [0.4, 0.5) is 0 Å². The molecule has 1 fully saturated rings. The minimum Gasteiger partial charge on any atom is -0.389 e. The largest absolute Gasteiger partial charge is 0.389 e. The molecule has 0 bridgehead atoms. The molecular weight excluding hydrogens is 198 g/mol. The standard InChI is InChI=1S/C14H29NO/c1-10(2)12-7-6-11(3)8-13(12)15-9-14(4,5)16/h10-13,15-16H,6-9H2,1-5H3. The number of nitrogens with one attached hydrogen (secondary N) is 1. The average molecular weight is 227 g/mol. The van der Waals surface area contributed by atoms with Gasteiger partial charge >= 0.3 is 0 Å². The molecule has 16 heavy (non-hydrogen) atoms. The molecule has 2 heteroatoms. The summed E-state index contributed by atoms with van der Waals surface area (Å²) < 4.78 is 0. The monoisotopic (exact) mass is 227 g/mol. The molecule has 3 atom stereocenters. The molecule has 0 spiro atoms. The van der Waals surface area contributed by atoms with Gasteiger partial charge in [-0.25, -0.2) is 0 Å². The van der Waals surface area contributed by atoms with Crippen LogP contribution in [0.25, 0.3) is 0 Å². The molecule has 2 N–H and O–H groups in total. The summed E-state index contributed by atoms with van der Waals surface area (Å²) in [4.78, 5) is 0. The van der Waals surface area contributed by atoms with E-state index in [0.29, 0.717) is 12.6 Å². The summed E-state index contributed by atoms with van der Waals surface area (Å²) >= 11 is 0. The normalized spacial score (nSPS) is 32.1. The predicted molar refractivity (Wildman–Crippen MR) is 69.4 cm³/mol. The Labute approximate surface area is 101 Å². The summed E-state index contributed by atoms with van der Waals surface area (Å²) in [5.74, 6) is 2.35. The van der Waals surface area contributed by atoms with Gasteiger partial charge in [-0.2, -0.15) is 0 Å². The van der Waals surface area contributed by atoms with Crippen LogP contribution < -0.4 is 5.32 Å². The van der Waals surface area contributed by atoms with E-state index in [-0.39, 0.29) is 0 Å². The Hall–Kier alpha value is -0.0800. The molecule has 0 aliphatic heterocycles. The second-order valence-electron chi connectivity index (χ2n) is 6.63. The zero-order valence-electron chi connectivity index (χ0n) is 11.6. The molecule has 0 radical (unpaired) electrons. The van der Waals surface area contributed by atoms with Crippen LogP contribution in [0.1, 0.15) is 53.9 Å². The molecule has 1 aliphatic carbocycles. The Balaban J connectivity index is 2.51. The molecule has 0 aromatic rings. The maximum absolute atomic E-state index is 9.78. The summed E-state index contributed by atoms with van der Waals surface area (Å²) in [7, 11) is 0. The van der Waals surface area contributed by atoms with Crippen molar-refractivity contribution >= 4 is 0 Å². The van der Waals surface area contributed by atoms with Gasteiger partial charge in [0.1, 0.15) is 0 Å². The minimum absolute atomic E-state index is 0.593. The van der Waals surface area contributed by atoms with Crippen LogP contribution in [0, 0.1) is 17.8 Å². The molecule has 96 valence electrons. The smallest absolute Gasteiger partial charge is 0.0715 e. The minimum atomic E-state index is -0.595. The van der Waals surface area contributed by atoms with Crippen molar-refractivity contribution in [2.75, 3.05) is 6.54 Å². The summed E-state index contributed by atoms with van der Waals surface area (Å²) in [5, 5.41) is 13.3. The lowest BCUT2D eigenvalue weighted by atomic mass is 9.74. The van der Waals surface area contributed by atoms with Crippen LogP contribution in [-0.4, -0.2) is 23.3 Å². The van der Waals surface area contributed by atoms with Gasteiger partial charge in [0.05, 0.1) is 5.60 Å². The number of aliphatic hydroxyl groups is 1. The molecule has 1 rings (SSSR count). The maximum Gasteiger partial charge on any atom is 0.0715 e. The Morgan fingerprint density at radius 2 is 1.94 bits per heavy atom. The highest BCUT2D eigenvalue weighted by atomic mass is 16.3.